The topological polar surface area (TPSA) is 149 Å². The maximum atomic E-state index is 14.1. The Kier molecular flexibility index (Phi) is 6.94. The van der Waals surface area contributed by atoms with Crippen LogP contribution in [0.4, 0.5) is 0 Å². The van der Waals surface area contributed by atoms with Gasteiger partial charge in [0.25, 0.3) is 0 Å². The fourth-order valence-electron chi connectivity index (χ4n) is 9.13. The Bertz CT molecular complexity index is 1110. The number of hydrogen-bond acceptors (Lipinski definition) is 7. The Morgan fingerprint density at radius 1 is 1.00 bits per heavy atom. The van der Waals surface area contributed by atoms with Crippen LogP contribution in [0.3, 0.4) is 0 Å². The van der Waals surface area contributed by atoms with Crippen LogP contribution in [0.1, 0.15) is 87.0 Å². The molecule has 0 heterocycles. The van der Waals surface area contributed by atoms with E-state index in [9.17, 15) is 39.6 Å². The first-order valence-corrected chi connectivity index (χ1v) is 14.0. The zero-order chi connectivity index (χ0) is 28.7. The molecule has 212 valence electrons. The lowest BCUT2D eigenvalue weighted by Gasteiger charge is -2.62. The largest absolute Gasteiger partial charge is 0.481 e. The lowest BCUT2D eigenvalue weighted by molar-refractivity contribution is -0.159. The zero-order valence-electron chi connectivity index (χ0n) is 23.7. The number of carbonyl (C=O) groups excluding carboxylic acids is 3. The van der Waals surface area contributed by atoms with E-state index in [1.54, 1.807) is 13.8 Å². The van der Waals surface area contributed by atoms with Crippen molar-refractivity contribution >= 4 is 23.3 Å². The van der Waals surface area contributed by atoms with Gasteiger partial charge in [0.1, 0.15) is 17.7 Å². The third-order valence-corrected chi connectivity index (χ3v) is 11.7. The van der Waals surface area contributed by atoms with Gasteiger partial charge in [-0.1, -0.05) is 41.5 Å². The van der Waals surface area contributed by atoms with Gasteiger partial charge >= 0.3 is 5.97 Å². The van der Waals surface area contributed by atoms with Gasteiger partial charge in [-0.25, -0.2) is 0 Å². The number of carboxylic acids is 1. The SMILES string of the molecule is CC(CC(=O)CC(C)[C@H]1CC(=O)[C@@]2(C)C3=C(C(=O)[C@@H](O)[C@]12C)[C@@]1(C)CC[C@H](O)C(C)(C)[C@@H]1C[C@@H]3O)C(=O)O. The second kappa shape index (κ2) is 9.07. The van der Waals surface area contributed by atoms with Crippen molar-refractivity contribution in [2.75, 3.05) is 0 Å². The van der Waals surface area contributed by atoms with Gasteiger partial charge in [-0.3, -0.25) is 19.2 Å². The van der Waals surface area contributed by atoms with E-state index in [1.165, 1.54) is 6.92 Å². The van der Waals surface area contributed by atoms with E-state index in [0.29, 0.717) is 30.4 Å². The summed E-state index contributed by atoms with van der Waals surface area (Å²) in [6.07, 6.45) is -1.84. The monoisotopic (exact) mass is 532 g/mol. The van der Waals surface area contributed by atoms with Gasteiger partial charge in [0, 0.05) is 30.3 Å². The Balaban J connectivity index is 1.79. The summed E-state index contributed by atoms with van der Waals surface area (Å²) in [5.74, 6) is -3.81. The first-order valence-electron chi connectivity index (χ1n) is 14.0. The van der Waals surface area contributed by atoms with Crippen molar-refractivity contribution < 1.29 is 39.6 Å². The quantitative estimate of drug-likeness (QED) is 0.408. The van der Waals surface area contributed by atoms with Crippen molar-refractivity contribution in [3.63, 3.8) is 0 Å². The van der Waals surface area contributed by atoms with E-state index in [1.807, 2.05) is 27.7 Å². The van der Waals surface area contributed by atoms with Crippen LogP contribution in [0.2, 0.25) is 0 Å². The Morgan fingerprint density at radius 2 is 1.61 bits per heavy atom. The zero-order valence-corrected chi connectivity index (χ0v) is 23.7. The molecule has 8 heteroatoms. The Hall–Kier alpha value is -1.90. The number of hydrogen-bond donors (Lipinski definition) is 4. The molecule has 0 aromatic carbocycles. The smallest absolute Gasteiger partial charge is 0.306 e. The van der Waals surface area contributed by atoms with Crippen LogP contribution in [0.25, 0.3) is 0 Å². The maximum Gasteiger partial charge on any atom is 0.306 e. The van der Waals surface area contributed by atoms with Crippen LogP contribution >= 0.6 is 0 Å². The molecule has 4 N–H and O–H groups in total. The van der Waals surface area contributed by atoms with Crippen molar-refractivity contribution in [3.8, 4) is 0 Å². The van der Waals surface area contributed by atoms with Crippen LogP contribution in [0.5, 0.6) is 0 Å². The molecule has 2 fully saturated rings. The van der Waals surface area contributed by atoms with Crippen LogP contribution in [-0.4, -0.2) is 62.1 Å². The molecule has 38 heavy (non-hydrogen) atoms. The number of rotatable bonds is 6. The lowest BCUT2D eigenvalue weighted by atomic mass is 9.42. The van der Waals surface area contributed by atoms with Crippen LogP contribution < -0.4 is 0 Å². The summed E-state index contributed by atoms with van der Waals surface area (Å²) in [7, 11) is 0. The third-order valence-electron chi connectivity index (χ3n) is 11.7. The predicted molar refractivity (Wildman–Crippen MR) is 139 cm³/mol. The number of Topliss-reactive ketones (excluding diaryl/α,β-unsaturated/α-hetero) is 3. The predicted octanol–water partition coefficient (Wildman–Crippen LogP) is 3.10. The average Bonchev–Trinajstić information content (AvgIpc) is 3.03. The molecule has 2 saturated carbocycles. The highest BCUT2D eigenvalue weighted by atomic mass is 16.4. The average molecular weight is 533 g/mol. The van der Waals surface area contributed by atoms with E-state index in [4.69, 9.17) is 0 Å². The van der Waals surface area contributed by atoms with E-state index in [-0.39, 0.29) is 42.7 Å². The summed E-state index contributed by atoms with van der Waals surface area (Å²) in [5, 5.41) is 43.3. The van der Waals surface area contributed by atoms with E-state index in [0.717, 1.165) is 0 Å². The van der Waals surface area contributed by atoms with Gasteiger partial charge in [-0.15, -0.1) is 0 Å². The van der Waals surface area contributed by atoms with Crippen LogP contribution in [0, 0.1) is 45.3 Å². The van der Waals surface area contributed by atoms with Crippen molar-refractivity contribution in [1.82, 2.24) is 0 Å². The van der Waals surface area contributed by atoms with Gasteiger partial charge in [0.05, 0.1) is 23.5 Å². The number of fused-ring (bicyclic) bond motifs is 4. The van der Waals surface area contributed by atoms with Crippen molar-refractivity contribution in [2.24, 2.45) is 45.3 Å². The minimum absolute atomic E-state index is 0.0441. The molecule has 0 aromatic rings. The summed E-state index contributed by atoms with van der Waals surface area (Å²) < 4.78 is 0. The van der Waals surface area contributed by atoms with Crippen molar-refractivity contribution in [3.05, 3.63) is 11.1 Å². The summed E-state index contributed by atoms with van der Waals surface area (Å²) in [5.41, 5.74) is -3.00. The number of aliphatic carboxylic acids is 1. The molecule has 0 saturated heterocycles. The van der Waals surface area contributed by atoms with Gasteiger partial charge in [-0.05, 0) is 60.3 Å². The second-order valence-corrected chi connectivity index (χ2v) is 14.0. The molecule has 4 aliphatic carbocycles. The highest BCUT2D eigenvalue weighted by Crippen LogP contribution is 2.70. The summed E-state index contributed by atoms with van der Waals surface area (Å²) in [4.78, 5) is 52.0. The fraction of sp³-hybridized carbons (Fsp3) is 0.800. The van der Waals surface area contributed by atoms with Gasteiger partial charge in [0.2, 0.25) is 0 Å². The number of aliphatic hydroxyl groups is 3. The van der Waals surface area contributed by atoms with E-state index < -0.39 is 63.6 Å². The fourth-order valence-corrected chi connectivity index (χ4v) is 9.13. The second-order valence-electron chi connectivity index (χ2n) is 14.0. The molecule has 4 aliphatic rings. The molecular formula is C30H44O8. The Labute approximate surface area is 224 Å². The van der Waals surface area contributed by atoms with Gasteiger partial charge in [-0.2, -0.15) is 0 Å². The Morgan fingerprint density at radius 3 is 2.18 bits per heavy atom. The molecule has 8 nitrogen and oxygen atoms in total. The van der Waals surface area contributed by atoms with Crippen LogP contribution in [0.15, 0.2) is 11.1 Å². The minimum atomic E-state index is -1.49. The molecule has 10 atom stereocenters. The molecule has 0 aromatic heterocycles. The summed E-state index contributed by atoms with van der Waals surface area (Å²) >= 11 is 0. The summed E-state index contributed by atoms with van der Waals surface area (Å²) in [6, 6.07) is 0. The lowest BCUT2D eigenvalue weighted by Crippen LogP contribution is -2.64. The molecule has 4 rings (SSSR count). The number of carbonyl (C=O) groups is 4. The normalized spacial score (nSPS) is 43.7. The molecule has 0 radical (unpaired) electrons. The summed E-state index contributed by atoms with van der Waals surface area (Å²) in [6.45, 7) is 12.7. The highest BCUT2D eigenvalue weighted by molar-refractivity contribution is 6.07. The van der Waals surface area contributed by atoms with Gasteiger partial charge in [0.15, 0.2) is 5.78 Å². The minimum Gasteiger partial charge on any atom is -0.481 e. The third kappa shape index (κ3) is 3.66. The number of carboxylic acid groups (broad SMARTS) is 1. The first kappa shape index (κ1) is 29.1. The number of aliphatic hydroxyl groups excluding tert-OH is 3. The molecule has 0 aliphatic heterocycles. The van der Waals surface area contributed by atoms with Crippen molar-refractivity contribution in [1.29, 1.82) is 0 Å². The van der Waals surface area contributed by atoms with Gasteiger partial charge < -0.3 is 20.4 Å². The molecule has 2 unspecified atom stereocenters. The highest BCUT2D eigenvalue weighted by Gasteiger charge is 2.73. The number of ketones is 3. The molecule has 0 spiro atoms. The molecule has 0 bridgehead atoms. The van der Waals surface area contributed by atoms with Crippen LogP contribution in [-0.2, 0) is 19.2 Å². The van der Waals surface area contributed by atoms with E-state index in [2.05, 4.69) is 0 Å². The van der Waals surface area contributed by atoms with Crippen molar-refractivity contribution in [2.45, 2.75) is 105 Å². The van der Waals surface area contributed by atoms with E-state index >= 15 is 0 Å². The standard InChI is InChI=1S/C30H44O8/c1-14(10-16(31)11-15(2)26(37)38)17-12-21(34)30(7)22-18(32)13-19-27(3,4)20(33)8-9-28(19,5)23(22)24(35)25(36)29(17,30)6/h14-15,17-20,25,32-33,36H,8-13H2,1-7H3,(H,37,38)/t14?,15?,17-,18+,19+,20+,25-,28+,29+,30+/m1/s1. The first-order chi connectivity index (χ1) is 17.4. The molecular weight excluding hydrogens is 488 g/mol. The maximum absolute atomic E-state index is 14.1. The molecule has 0 amide bonds.